The van der Waals surface area contributed by atoms with E-state index in [9.17, 15) is 13.6 Å². The molecule has 0 spiro atoms. The number of piperidine rings is 1. The molecule has 1 amide bonds. The predicted octanol–water partition coefficient (Wildman–Crippen LogP) is 1.98. The zero-order valence-electron chi connectivity index (χ0n) is 13.1. The Kier molecular flexibility index (Phi) is 3.22. The molecule has 126 valence electrons. The first-order valence-corrected chi connectivity index (χ1v) is 8.30. The largest absolute Gasteiger partial charge is 0.342 e. The lowest BCUT2D eigenvalue weighted by Gasteiger charge is -2.46. The van der Waals surface area contributed by atoms with Crippen LogP contribution in [0.4, 0.5) is 8.78 Å². The van der Waals surface area contributed by atoms with Crippen LogP contribution in [-0.2, 0) is 4.79 Å². The Morgan fingerprint density at radius 2 is 2.09 bits per heavy atom. The van der Waals surface area contributed by atoms with Crippen molar-refractivity contribution < 1.29 is 13.6 Å². The van der Waals surface area contributed by atoms with Gasteiger partial charge in [-0.05, 0) is 31.6 Å². The summed E-state index contributed by atoms with van der Waals surface area (Å²) in [5, 5.41) is 13.9. The molecule has 2 atom stereocenters. The summed E-state index contributed by atoms with van der Waals surface area (Å²) in [6.07, 6.45) is 3.04. The minimum atomic E-state index is -2.50. The number of halogens is 2. The van der Waals surface area contributed by atoms with Gasteiger partial charge in [0, 0.05) is 36.8 Å². The molecule has 3 aliphatic rings. The van der Waals surface area contributed by atoms with Crippen LogP contribution in [0.15, 0.2) is 0 Å². The van der Waals surface area contributed by atoms with Gasteiger partial charge in [0.05, 0.1) is 0 Å². The van der Waals surface area contributed by atoms with E-state index in [4.69, 9.17) is 0 Å². The third-order valence-corrected chi connectivity index (χ3v) is 5.83. The average Bonchev–Trinajstić information content (AvgIpc) is 2.90. The van der Waals surface area contributed by atoms with Gasteiger partial charge in [-0.1, -0.05) is 12.1 Å². The number of hydrogen-bond donors (Lipinski definition) is 1. The molecule has 8 heteroatoms. The molecule has 0 radical (unpaired) electrons. The Hall–Kier alpha value is -1.60. The molecule has 1 aliphatic heterocycles. The quantitative estimate of drug-likeness (QED) is 0.922. The van der Waals surface area contributed by atoms with Gasteiger partial charge in [-0.15, -0.1) is 10.2 Å². The van der Waals surface area contributed by atoms with Crippen molar-refractivity contribution in [1.82, 2.24) is 25.5 Å². The third-order valence-electron chi connectivity index (χ3n) is 5.83. The lowest BCUT2D eigenvalue weighted by molar-refractivity contribution is -0.149. The number of aromatic nitrogens is 4. The molecule has 1 N–H and O–H groups in total. The van der Waals surface area contributed by atoms with Gasteiger partial charge in [-0.2, -0.15) is 5.21 Å². The zero-order chi connectivity index (χ0) is 16.2. The highest BCUT2D eigenvalue weighted by atomic mass is 19.3. The standard InChI is InChI=1S/C15H21F2N5O/c1-14(5-10(6-14)12-18-20-21-19-12)13(23)22-4-2-3-9(8-22)11-7-15(11,16)17/h9-11H,2-8H2,1H3,(H,18,19,20,21). The fourth-order valence-corrected chi connectivity index (χ4v) is 4.38. The highest BCUT2D eigenvalue weighted by Gasteiger charge is 2.61. The van der Waals surface area contributed by atoms with Crippen molar-refractivity contribution in [3.05, 3.63) is 5.82 Å². The number of nitrogens with one attached hydrogen (secondary N) is 1. The van der Waals surface area contributed by atoms with Crippen LogP contribution in [0.1, 0.15) is 50.8 Å². The van der Waals surface area contributed by atoms with E-state index in [-0.39, 0.29) is 24.2 Å². The van der Waals surface area contributed by atoms with Crippen LogP contribution in [0.25, 0.3) is 0 Å². The minimum absolute atomic E-state index is 0.00311. The molecule has 0 aromatic carbocycles. The molecule has 1 saturated heterocycles. The van der Waals surface area contributed by atoms with E-state index in [1.54, 1.807) is 0 Å². The second-order valence-corrected chi connectivity index (χ2v) is 7.66. The Morgan fingerprint density at radius 3 is 2.70 bits per heavy atom. The molecular formula is C15H21F2N5O. The number of hydrogen-bond acceptors (Lipinski definition) is 4. The van der Waals surface area contributed by atoms with E-state index in [1.807, 2.05) is 11.8 Å². The summed E-state index contributed by atoms with van der Waals surface area (Å²) in [6, 6.07) is 0. The van der Waals surface area contributed by atoms with Gasteiger partial charge in [0.25, 0.3) is 5.92 Å². The number of rotatable bonds is 3. The van der Waals surface area contributed by atoms with Crippen LogP contribution in [0.2, 0.25) is 0 Å². The molecule has 23 heavy (non-hydrogen) atoms. The maximum atomic E-state index is 13.3. The number of aromatic amines is 1. The van der Waals surface area contributed by atoms with Crippen molar-refractivity contribution in [1.29, 1.82) is 0 Å². The van der Waals surface area contributed by atoms with Crippen LogP contribution >= 0.6 is 0 Å². The molecule has 1 aromatic heterocycles. The van der Waals surface area contributed by atoms with E-state index in [1.165, 1.54) is 0 Å². The monoisotopic (exact) mass is 325 g/mol. The zero-order valence-corrected chi connectivity index (χ0v) is 13.1. The fraction of sp³-hybridized carbons (Fsp3) is 0.867. The number of carbonyl (C=O) groups excluding carboxylic acids is 1. The molecule has 2 saturated carbocycles. The number of tetrazole rings is 1. The Morgan fingerprint density at radius 1 is 1.35 bits per heavy atom. The SMILES string of the molecule is CC1(C(=O)N2CCCC(C3CC3(F)F)C2)CC(c2nn[nH]n2)C1. The highest BCUT2D eigenvalue weighted by molar-refractivity contribution is 5.83. The van der Waals surface area contributed by atoms with Crippen LogP contribution < -0.4 is 0 Å². The second kappa shape index (κ2) is 4.95. The molecule has 1 aromatic rings. The lowest BCUT2D eigenvalue weighted by Crippen LogP contribution is -2.52. The molecule has 2 heterocycles. The van der Waals surface area contributed by atoms with Gasteiger partial charge in [-0.3, -0.25) is 4.79 Å². The summed E-state index contributed by atoms with van der Waals surface area (Å²) in [7, 11) is 0. The van der Waals surface area contributed by atoms with Crippen molar-refractivity contribution in [3.63, 3.8) is 0 Å². The summed E-state index contributed by atoms with van der Waals surface area (Å²) in [5.74, 6) is -2.13. The fourth-order valence-electron chi connectivity index (χ4n) is 4.38. The van der Waals surface area contributed by atoms with Gasteiger partial charge in [-0.25, -0.2) is 8.78 Å². The molecule has 0 bridgehead atoms. The topological polar surface area (TPSA) is 74.8 Å². The van der Waals surface area contributed by atoms with E-state index in [0.29, 0.717) is 31.8 Å². The first-order valence-electron chi connectivity index (χ1n) is 8.30. The average molecular weight is 325 g/mol. The van der Waals surface area contributed by atoms with E-state index in [0.717, 1.165) is 12.8 Å². The Labute approximate surface area is 133 Å². The van der Waals surface area contributed by atoms with Crippen LogP contribution in [-0.4, -0.2) is 50.4 Å². The van der Waals surface area contributed by atoms with Gasteiger partial charge >= 0.3 is 0 Å². The maximum Gasteiger partial charge on any atom is 0.251 e. The number of alkyl halides is 2. The van der Waals surface area contributed by atoms with Gasteiger partial charge in [0.1, 0.15) is 0 Å². The van der Waals surface area contributed by atoms with Crippen molar-refractivity contribution in [3.8, 4) is 0 Å². The smallest absolute Gasteiger partial charge is 0.251 e. The van der Waals surface area contributed by atoms with Crippen molar-refractivity contribution in [2.75, 3.05) is 13.1 Å². The summed E-state index contributed by atoms with van der Waals surface area (Å²) in [5.41, 5.74) is -0.417. The van der Waals surface area contributed by atoms with Gasteiger partial charge in [0.2, 0.25) is 5.91 Å². The van der Waals surface area contributed by atoms with Crippen LogP contribution in [0.3, 0.4) is 0 Å². The Balaban J connectivity index is 1.37. The molecule has 2 unspecified atom stereocenters. The van der Waals surface area contributed by atoms with Crippen molar-refractivity contribution >= 4 is 5.91 Å². The molecule has 2 aliphatic carbocycles. The summed E-state index contributed by atoms with van der Waals surface area (Å²) < 4.78 is 26.6. The van der Waals surface area contributed by atoms with E-state index in [2.05, 4.69) is 20.6 Å². The normalized spacial score (nSPS) is 38.9. The summed E-state index contributed by atoms with van der Waals surface area (Å²) >= 11 is 0. The summed E-state index contributed by atoms with van der Waals surface area (Å²) in [4.78, 5) is 14.7. The van der Waals surface area contributed by atoms with E-state index >= 15 is 0 Å². The van der Waals surface area contributed by atoms with Crippen LogP contribution in [0.5, 0.6) is 0 Å². The molecular weight excluding hydrogens is 304 g/mol. The predicted molar refractivity (Wildman–Crippen MR) is 76.6 cm³/mol. The highest BCUT2D eigenvalue weighted by Crippen LogP contribution is 2.55. The number of amides is 1. The molecule has 6 nitrogen and oxygen atoms in total. The first kappa shape index (κ1) is 15.0. The summed E-state index contributed by atoms with van der Waals surface area (Å²) in [6.45, 7) is 3.14. The molecule has 3 fully saturated rings. The van der Waals surface area contributed by atoms with E-state index < -0.39 is 17.3 Å². The minimum Gasteiger partial charge on any atom is -0.342 e. The Bertz CT molecular complexity index is 599. The second-order valence-electron chi connectivity index (χ2n) is 7.66. The first-order chi connectivity index (χ1) is 10.9. The van der Waals surface area contributed by atoms with Crippen LogP contribution in [0, 0.1) is 17.3 Å². The number of H-pyrrole nitrogens is 1. The van der Waals surface area contributed by atoms with Crippen molar-refractivity contribution in [2.45, 2.75) is 50.9 Å². The number of nitrogens with zero attached hydrogens (tertiary/aromatic N) is 4. The third kappa shape index (κ3) is 2.52. The molecule has 4 rings (SSSR count). The number of likely N-dealkylation sites (tertiary alicyclic amines) is 1. The van der Waals surface area contributed by atoms with Gasteiger partial charge < -0.3 is 4.90 Å². The number of carbonyl (C=O) groups is 1. The van der Waals surface area contributed by atoms with Gasteiger partial charge in [0.15, 0.2) is 5.82 Å². The lowest BCUT2D eigenvalue weighted by atomic mass is 9.62. The van der Waals surface area contributed by atoms with Crippen molar-refractivity contribution in [2.24, 2.45) is 17.3 Å². The maximum absolute atomic E-state index is 13.3.